The first-order valence-electron chi connectivity index (χ1n) is 6.79. The Morgan fingerprint density at radius 3 is 2.95 bits per heavy atom. The molecule has 1 aliphatic heterocycles. The number of hydrogen-bond donors (Lipinski definition) is 1. The van der Waals surface area contributed by atoms with Crippen LogP contribution in [0.5, 0.6) is 11.6 Å². The van der Waals surface area contributed by atoms with Gasteiger partial charge < -0.3 is 15.2 Å². The van der Waals surface area contributed by atoms with Crippen LogP contribution in [0.4, 0.5) is 10.2 Å². The summed E-state index contributed by atoms with van der Waals surface area (Å²) >= 11 is 3.20. The second-order valence-corrected chi connectivity index (χ2v) is 5.93. The number of alkyl halides is 1. The quantitative estimate of drug-likeness (QED) is 0.886. The molecule has 2 aromatic heterocycles. The van der Waals surface area contributed by atoms with Gasteiger partial charge in [-0.25, -0.2) is 14.4 Å². The molecular formula is C13H15BrFN5O2. The summed E-state index contributed by atoms with van der Waals surface area (Å²) in [6.45, 7) is 1.04. The zero-order valence-electron chi connectivity index (χ0n) is 11.7. The van der Waals surface area contributed by atoms with Gasteiger partial charge in [0.2, 0.25) is 0 Å². The molecule has 0 unspecified atom stereocenters. The van der Waals surface area contributed by atoms with E-state index in [9.17, 15) is 4.39 Å². The minimum Gasteiger partial charge on any atom is -0.433 e. The minimum atomic E-state index is -1.30. The van der Waals surface area contributed by atoms with Crippen LogP contribution in [0.3, 0.4) is 0 Å². The van der Waals surface area contributed by atoms with E-state index in [0.717, 1.165) is 0 Å². The lowest BCUT2D eigenvalue weighted by atomic mass is 9.97. The van der Waals surface area contributed by atoms with Gasteiger partial charge in [0.25, 0.3) is 5.88 Å². The number of halogens is 2. The second-order valence-electron chi connectivity index (χ2n) is 5.12. The van der Waals surface area contributed by atoms with E-state index < -0.39 is 5.67 Å². The average Bonchev–Trinajstić information content (AvgIpc) is 2.90. The molecule has 0 bridgehead atoms. The van der Waals surface area contributed by atoms with Gasteiger partial charge in [-0.2, -0.15) is 5.10 Å². The van der Waals surface area contributed by atoms with Crippen molar-refractivity contribution in [1.29, 1.82) is 0 Å². The summed E-state index contributed by atoms with van der Waals surface area (Å²) in [6, 6.07) is 0. The maximum Gasteiger partial charge on any atom is 0.263 e. The van der Waals surface area contributed by atoms with Crippen molar-refractivity contribution in [3.05, 3.63) is 23.2 Å². The van der Waals surface area contributed by atoms with Crippen LogP contribution in [0.2, 0.25) is 0 Å². The Labute approximate surface area is 134 Å². The first-order chi connectivity index (χ1) is 10.5. The Balaban J connectivity index is 1.69. The lowest BCUT2D eigenvalue weighted by Crippen LogP contribution is -2.36. The highest BCUT2D eigenvalue weighted by Crippen LogP contribution is 2.29. The Morgan fingerprint density at radius 1 is 1.41 bits per heavy atom. The van der Waals surface area contributed by atoms with E-state index in [0.29, 0.717) is 36.4 Å². The van der Waals surface area contributed by atoms with Gasteiger partial charge in [0.05, 0.1) is 25.1 Å². The van der Waals surface area contributed by atoms with Crippen molar-refractivity contribution in [2.24, 2.45) is 0 Å². The lowest BCUT2D eigenvalue weighted by Gasteiger charge is -2.29. The van der Waals surface area contributed by atoms with Crippen LogP contribution in [0.1, 0.15) is 12.8 Å². The van der Waals surface area contributed by atoms with Crippen LogP contribution in [0, 0.1) is 0 Å². The maximum atomic E-state index is 14.6. The molecule has 3 heterocycles. The molecule has 2 N–H and O–H groups in total. The van der Waals surface area contributed by atoms with Crippen molar-refractivity contribution in [3.63, 3.8) is 0 Å². The van der Waals surface area contributed by atoms with Crippen LogP contribution in [0.15, 0.2) is 23.2 Å². The molecule has 0 saturated carbocycles. The summed E-state index contributed by atoms with van der Waals surface area (Å²) in [5.74, 6) is 0.770. The van der Waals surface area contributed by atoms with Gasteiger partial charge in [-0.05, 0) is 15.9 Å². The number of anilines is 1. The largest absolute Gasteiger partial charge is 0.433 e. The zero-order valence-corrected chi connectivity index (χ0v) is 13.3. The van der Waals surface area contributed by atoms with Crippen molar-refractivity contribution in [3.8, 4) is 11.6 Å². The minimum absolute atomic E-state index is 0.166. The van der Waals surface area contributed by atoms with Gasteiger partial charge in [0, 0.05) is 26.1 Å². The van der Waals surface area contributed by atoms with E-state index in [1.807, 2.05) is 0 Å². The SMILES string of the molecule is Nc1ncc(Br)nc1Oc1cnn(CC2(F)CCOCC2)c1. The van der Waals surface area contributed by atoms with Crippen molar-refractivity contribution < 1.29 is 13.9 Å². The van der Waals surface area contributed by atoms with Gasteiger partial charge in [-0.3, -0.25) is 4.68 Å². The van der Waals surface area contributed by atoms with E-state index >= 15 is 0 Å². The van der Waals surface area contributed by atoms with Gasteiger partial charge in [0.1, 0.15) is 10.3 Å². The summed E-state index contributed by atoms with van der Waals surface area (Å²) in [5, 5.41) is 4.11. The molecule has 2 aromatic rings. The molecule has 118 valence electrons. The molecule has 3 rings (SSSR count). The number of rotatable bonds is 4. The fourth-order valence-corrected chi connectivity index (χ4v) is 2.48. The number of nitrogen functional groups attached to an aromatic ring is 1. The van der Waals surface area contributed by atoms with Crippen molar-refractivity contribution in [2.75, 3.05) is 18.9 Å². The summed E-state index contributed by atoms with van der Waals surface area (Å²) in [4.78, 5) is 8.01. The van der Waals surface area contributed by atoms with Crippen LogP contribution >= 0.6 is 15.9 Å². The Kier molecular flexibility index (Phi) is 4.25. The van der Waals surface area contributed by atoms with Crippen LogP contribution in [-0.2, 0) is 11.3 Å². The molecule has 0 aliphatic carbocycles. The monoisotopic (exact) mass is 371 g/mol. The van der Waals surface area contributed by atoms with E-state index in [1.165, 1.54) is 17.1 Å². The zero-order chi connectivity index (χ0) is 15.6. The average molecular weight is 372 g/mol. The Hall–Kier alpha value is -1.74. The van der Waals surface area contributed by atoms with Crippen LogP contribution in [0.25, 0.3) is 0 Å². The van der Waals surface area contributed by atoms with Crippen LogP contribution < -0.4 is 10.5 Å². The third-order valence-electron chi connectivity index (χ3n) is 3.40. The molecule has 1 fully saturated rings. The van der Waals surface area contributed by atoms with Crippen molar-refractivity contribution in [1.82, 2.24) is 19.7 Å². The summed E-state index contributed by atoms with van der Waals surface area (Å²) in [5.41, 5.74) is 4.40. The van der Waals surface area contributed by atoms with Crippen molar-refractivity contribution >= 4 is 21.7 Å². The number of aromatic nitrogens is 4. The van der Waals surface area contributed by atoms with Crippen molar-refractivity contribution in [2.45, 2.75) is 25.1 Å². The summed E-state index contributed by atoms with van der Waals surface area (Å²) < 4.78 is 27.3. The standard InChI is InChI=1S/C13H15BrFN5O2/c14-10-6-17-11(16)12(19-10)22-9-5-18-20(7-9)8-13(15)1-3-21-4-2-13/h5-7H,1-4,8H2,(H2,16,17). The molecule has 0 radical (unpaired) electrons. The molecule has 0 spiro atoms. The van der Waals surface area contributed by atoms with Crippen LogP contribution in [-0.4, -0.2) is 38.6 Å². The second kappa shape index (κ2) is 6.17. The first kappa shape index (κ1) is 15.2. The lowest BCUT2D eigenvalue weighted by molar-refractivity contribution is -0.0194. The fraction of sp³-hybridized carbons (Fsp3) is 0.462. The third-order valence-corrected chi connectivity index (χ3v) is 3.78. The van der Waals surface area contributed by atoms with E-state index in [1.54, 1.807) is 6.20 Å². The summed E-state index contributed by atoms with van der Waals surface area (Å²) in [6.07, 6.45) is 5.31. The van der Waals surface area contributed by atoms with Gasteiger partial charge in [0.15, 0.2) is 11.6 Å². The topological polar surface area (TPSA) is 88.1 Å². The molecule has 1 aliphatic rings. The highest BCUT2D eigenvalue weighted by atomic mass is 79.9. The number of ether oxygens (including phenoxy) is 2. The Bertz CT molecular complexity index is 660. The maximum absolute atomic E-state index is 14.6. The molecule has 0 aromatic carbocycles. The molecule has 0 atom stereocenters. The number of hydrogen-bond acceptors (Lipinski definition) is 6. The molecular weight excluding hydrogens is 357 g/mol. The molecule has 0 amide bonds. The highest BCUT2D eigenvalue weighted by molar-refractivity contribution is 9.10. The number of nitrogens with zero attached hydrogens (tertiary/aromatic N) is 4. The van der Waals surface area contributed by atoms with Gasteiger partial charge in [-0.15, -0.1) is 0 Å². The predicted molar refractivity (Wildman–Crippen MR) is 80.3 cm³/mol. The predicted octanol–water partition coefficient (Wildman–Crippen LogP) is 2.33. The highest BCUT2D eigenvalue weighted by Gasteiger charge is 2.33. The fourth-order valence-electron chi connectivity index (χ4n) is 2.22. The molecule has 22 heavy (non-hydrogen) atoms. The molecule has 9 heteroatoms. The van der Waals surface area contributed by atoms with E-state index in [4.69, 9.17) is 15.2 Å². The Morgan fingerprint density at radius 2 is 2.18 bits per heavy atom. The number of nitrogens with two attached hydrogens (primary N) is 1. The van der Waals surface area contributed by atoms with Gasteiger partial charge >= 0.3 is 0 Å². The first-order valence-corrected chi connectivity index (χ1v) is 7.58. The summed E-state index contributed by atoms with van der Waals surface area (Å²) in [7, 11) is 0. The third kappa shape index (κ3) is 3.53. The molecule has 1 saturated heterocycles. The molecule has 7 nitrogen and oxygen atoms in total. The van der Waals surface area contributed by atoms with E-state index in [2.05, 4.69) is 31.0 Å². The smallest absolute Gasteiger partial charge is 0.263 e. The van der Waals surface area contributed by atoms with Gasteiger partial charge in [-0.1, -0.05) is 0 Å². The van der Waals surface area contributed by atoms with E-state index in [-0.39, 0.29) is 18.2 Å². The normalized spacial score (nSPS) is 17.4.